The molecule has 0 aromatic heterocycles. The zero-order valence-corrected chi connectivity index (χ0v) is 10.5. The Morgan fingerprint density at radius 2 is 2.00 bits per heavy atom. The van der Waals surface area contributed by atoms with Crippen molar-refractivity contribution in [2.45, 2.75) is 18.8 Å². The maximum absolute atomic E-state index is 9.34. The van der Waals surface area contributed by atoms with E-state index in [1.54, 1.807) is 12.1 Å². The fourth-order valence-corrected chi connectivity index (χ4v) is 2.86. The molecule has 1 fully saturated rings. The Morgan fingerprint density at radius 3 is 2.60 bits per heavy atom. The van der Waals surface area contributed by atoms with E-state index in [9.17, 15) is 5.11 Å². The van der Waals surface area contributed by atoms with Gasteiger partial charge in [0.25, 0.3) is 0 Å². The van der Waals surface area contributed by atoms with Crippen molar-refractivity contribution >= 4 is 15.9 Å². The van der Waals surface area contributed by atoms with E-state index < -0.39 is 0 Å². The Kier molecular flexibility index (Phi) is 3.32. The molecule has 1 aromatic rings. The van der Waals surface area contributed by atoms with Crippen molar-refractivity contribution in [1.29, 1.82) is 0 Å². The van der Waals surface area contributed by atoms with Gasteiger partial charge in [-0.15, -0.1) is 0 Å². The largest absolute Gasteiger partial charge is 0.508 e. The fourth-order valence-electron chi connectivity index (χ4n) is 2.17. The summed E-state index contributed by atoms with van der Waals surface area (Å²) in [6, 6.07) is 5.60. The third-order valence-corrected chi connectivity index (χ3v) is 3.83. The molecule has 1 aromatic carbocycles. The Labute approximate surface area is 99.0 Å². The molecule has 0 spiro atoms. The van der Waals surface area contributed by atoms with Gasteiger partial charge in [0.1, 0.15) is 5.75 Å². The number of hydrogen-bond acceptors (Lipinski definition) is 2. The summed E-state index contributed by atoms with van der Waals surface area (Å²) in [5, 5.41) is 9.34. The molecule has 0 saturated carbocycles. The van der Waals surface area contributed by atoms with E-state index in [2.05, 4.69) is 27.9 Å². The number of piperidine rings is 1. The minimum absolute atomic E-state index is 0.332. The van der Waals surface area contributed by atoms with Crippen molar-refractivity contribution in [3.05, 3.63) is 28.2 Å². The normalized spacial score (nSPS) is 19.3. The van der Waals surface area contributed by atoms with Crippen LogP contribution in [0, 0.1) is 0 Å². The van der Waals surface area contributed by atoms with Crippen LogP contribution in [0.5, 0.6) is 5.75 Å². The molecule has 2 nitrogen and oxygen atoms in total. The highest BCUT2D eigenvalue weighted by Gasteiger charge is 2.20. The summed E-state index contributed by atoms with van der Waals surface area (Å²) in [4.78, 5) is 2.37. The summed E-state index contributed by atoms with van der Waals surface area (Å²) in [5.41, 5.74) is 1.33. The van der Waals surface area contributed by atoms with Crippen molar-refractivity contribution in [2.24, 2.45) is 0 Å². The van der Waals surface area contributed by atoms with Gasteiger partial charge in [-0.25, -0.2) is 0 Å². The van der Waals surface area contributed by atoms with Gasteiger partial charge in [0.05, 0.1) is 0 Å². The molecule has 0 radical (unpaired) electrons. The standard InChI is InChI=1S/C12H16BrNO/c1-14-6-4-9(5-7-14)11-3-2-10(15)8-12(11)13/h2-3,8-9,15H,4-7H2,1H3. The van der Waals surface area contributed by atoms with Gasteiger partial charge < -0.3 is 10.0 Å². The van der Waals surface area contributed by atoms with Crippen molar-refractivity contribution in [1.82, 2.24) is 4.90 Å². The third kappa shape index (κ3) is 2.52. The number of aromatic hydroxyl groups is 1. The summed E-state index contributed by atoms with van der Waals surface area (Å²) in [6.07, 6.45) is 2.42. The molecule has 0 unspecified atom stereocenters. The Hall–Kier alpha value is -0.540. The van der Waals surface area contributed by atoms with Crippen LogP contribution in [0.3, 0.4) is 0 Å². The SMILES string of the molecule is CN1CCC(c2ccc(O)cc2Br)CC1. The Bertz CT molecular complexity index is 345. The molecular weight excluding hydrogens is 254 g/mol. The van der Waals surface area contributed by atoms with Crippen LogP contribution in [0.25, 0.3) is 0 Å². The van der Waals surface area contributed by atoms with E-state index >= 15 is 0 Å². The summed E-state index contributed by atoms with van der Waals surface area (Å²) in [5.74, 6) is 0.967. The minimum atomic E-state index is 0.332. The molecule has 1 saturated heterocycles. The van der Waals surface area contributed by atoms with E-state index in [-0.39, 0.29) is 0 Å². The van der Waals surface area contributed by atoms with Crippen molar-refractivity contribution in [2.75, 3.05) is 20.1 Å². The first-order chi connectivity index (χ1) is 7.16. The van der Waals surface area contributed by atoms with Gasteiger partial charge in [-0.3, -0.25) is 0 Å². The van der Waals surface area contributed by atoms with Gasteiger partial charge in [0, 0.05) is 4.47 Å². The lowest BCUT2D eigenvalue weighted by molar-refractivity contribution is 0.255. The molecule has 3 heteroatoms. The molecule has 1 aliphatic heterocycles. The summed E-state index contributed by atoms with van der Waals surface area (Å²) < 4.78 is 1.04. The Morgan fingerprint density at radius 1 is 1.33 bits per heavy atom. The highest BCUT2D eigenvalue weighted by Crippen LogP contribution is 2.34. The van der Waals surface area contributed by atoms with E-state index in [0.29, 0.717) is 11.7 Å². The molecular formula is C12H16BrNO. The summed E-state index contributed by atoms with van der Waals surface area (Å²) in [7, 11) is 2.17. The van der Waals surface area contributed by atoms with E-state index in [0.717, 1.165) is 17.6 Å². The molecule has 82 valence electrons. The fraction of sp³-hybridized carbons (Fsp3) is 0.500. The summed E-state index contributed by atoms with van der Waals surface area (Å²) >= 11 is 3.52. The first-order valence-corrected chi connectivity index (χ1v) is 6.13. The van der Waals surface area contributed by atoms with Crippen LogP contribution in [0.15, 0.2) is 22.7 Å². The molecule has 0 atom stereocenters. The van der Waals surface area contributed by atoms with Crippen LogP contribution in [-0.4, -0.2) is 30.1 Å². The van der Waals surface area contributed by atoms with Crippen molar-refractivity contribution in [3.63, 3.8) is 0 Å². The first-order valence-electron chi connectivity index (χ1n) is 5.34. The molecule has 0 amide bonds. The number of halogens is 1. The second kappa shape index (κ2) is 4.54. The predicted molar refractivity (Wildman–Crippen MR) is 65.3 cm³/mol. The average molecular weight is 270 g/mol. The highest BCUT2D eigenvalue weighted by atomic mass is 79.9. The molecule has 2 rings (SSSR count). The zero-order valence-electron chi connectivity index (χ0n) is 8.91. The van der Waals surface area contributed by atoms with E-state index in [1.165, 1.54) is 18.4 Å². The van der Waals surface area contributed by atoms with E-state index in [4.69, 9.17) is 0 Å². The van der Waals surface area contributed by atoms with Crippen LogP contribution in [0.4, 0.5) is 0 Å². The summed E-state index contributed by atoms with van der Waals surface area (Å²) in [6.45, 7) is 2.33. The second-order valence-electron chi connectivity index (χ2n) is 4.28. The molecule has 1 aliphatic rings. The monoisotopic (exact) mass is 269 g/mol. The van der Waals surface area contributed by atoms with Gasteiger partial charge in [-0.1, -0.05) is 22.0 Å². The van der Waals surface area contributed by atoms with Crippen molar-refractivity contribution in [3.8, 4) is 5.75 Å². The first kappa shape index (κ1) is 11.0. The lowest BCUT2D eigenvalue weighted by Gasteiger charge is -2.29. The van der Waals surface area contributed by atoms with Gasteiger partial charge in [0.2, 0.25) is 0 Å². The molecule has 15 heavy (non-hydrogen) atoms. The van der Waals surface area contributed by atoms with Crippen LogP contribution >= 0.6 is 15.9 Å². The number of hydrogen-bond donors (Lipinski definition) is 1. The molecule has 1 heterocycles. The Balaban J connectivity index is 2.15. The number of benzene rings is 1. The molecule has 1 N–H and O–H groups in total. The molecule has 0 bridgehead atoms. The lowest BCUT2D eigenvalue weighted by atomic mass is 9.90. The number of nitrogens with zero attached hydrogens (tertiary/aromatic N) is 1. The maximum Gasteiger partial charge on any atom is 0.116 e. The number of rotatable bonds is 1. The number of phenolic OH excluding ortho intramolecular Hbond substituents is 1. The molecule has 0 aliphatic carbocycles. The number of phenols is 1. The topological polar surface area (TPSA) is 23.5 Å². The van der Waals surface area contributed by atoms with Crippen molar-refractivity contribution < 1.29 is 5.11 Å². The van der Waals surface area contributed by atoms with Gasteiger partial charge in [-0.2, -0.15) is 0 Å². The van der Waals surface area contributed by atoms with Crippen LogP contribution in [-0.2, 0) is 0 Å². The second-order valence-corrected chi connectivity index (χ2v) is 5.14. The minimum Gasteiger partial charge on any atom is -0.508 e. The predicted octanol–water partition coefficient (Wildman–Crippen LogP) is 2.96. The number of likely N-dealkylation sites (tertiary alicyclic amines) is 1. The smallest absolute Gasteiger partial charge is 0.116 e. The van der Waals surface area contributed by atoms with E-state index in [1.807, 2.05) is 6.07 Å². The van der Waals surface area contributed by atoms with Gasteiger partial charge in [0.15, 0.2) is 0 Å². The maximum atomic E-state index is 9.34. The highest BCUT2D eigenvalue weighted by molar-refractivity contribution is 9.10. The average Bonchev–Trinajstić information content (AvgIpc) is 2.20. The lowest BCUT2D eigenvalue weighted by Crippen LogP contribution is -2.29. The van der Waals surface area contributed by atoms with Crippen LogP contribution in [0.2, 0.25) is 0 Å². The zero-order chi connectivity index (χ0) is 10.8. The van der Waals surface area contributed by atoms with Gasteiger partial charge in [-0.05, 0) is 56.6 Å². The quantitative estimate of drug-likeness (QED) is 0.848. The van der Waals surface area contributed by atoms with Crippen LogP contribution < -0.4 is 0 Å². The van der Waals surface area contributed by atoms with Crippen LogP contribution in [0.1, 0.15) is 24.3 Å². The van der Waals surface area contributed by atoms with Gasteiger partial charge >= 0.3 is 0 Å². The third-order valence-electron chi connectivity index (χ3n) is 3.14.